The number of nitrogens with two attached hydrogens (primary N) is 1. The molecule has 4 aromatic rings. The Labute approximate surface area is 260 Å². The van der Waals surface area contributed by atoms with Crippen LogP contribution in [0.25, 0.3) is 16.8 Å². The fourth-order valence-electron chi connectivity index (χ4n) is 6.83. The Morgan fingerprint density at radius 2 is 1.84 bits per heavy atom. The minimum atomic E-state index is -3.14. The number of alkyl halides is 1. The van der Waals surface area contributed by atoms with Gasteiger partial charge >= 0.3 is 0 Å². The summed E-state index contributed by atoms with van der Waals surface area (Å²) in [5.74, 6) is -1.33. The monoisotopic (exact) mass is 642 g/mol. The molecule has 45 heavy (non-hydrogen) atoms. The second-order valence-electron chi connectivity index (χ2n) is 12.5. The van der Waals surface area contributed by atoms with Gasteiger partial charge in [0.1, 0.15) is 27.1 Å². The molecule has 0 unspecified atom stereocenters. The van der Waals surface area contributed by atoms with E-state index in [4.69, 9.17) is 10.5 Å². The number of anilines is 2. The highest BCUT2D eigenvalue weighted by Crippen LogP contribution is 2.44. The van der Waals surface area contributed by atoms with Gasteiger partial charge in [-0.25, -0.2) is 26.6 Å². The van der Waals surface area contributed by atoms with Crippen molar-refractivity contribution in [3.05, 3.63) is 71.7 Å². The summed E-state index contributed by atoms with van der Waals surface area (Å²) in [5, 5.41) is 7.80. The quantitative estimate of drug-likeness (QED) is 0.234. The van der Waals surface area contributed by atoms with Crippen LogP contribution in [0.15, 0.2) is 48.9 Å². The van der Waals surface area contributed by atoms with Crippen LogP contribution in [0.5, 0.6) is 0 Å². The molecule has 9 nitrogen and oxygen atoms in total. The van der Waals surface area contributed by atoms with Gasteiger partial charge in [0.25, 0.3) is 0 Å². The van der Waals surface area contributed by atoms with Crippen LogP contribution in [-0.4, -0.2) is 58.8 Å². The number of imidazole rings is 1. The Morgan fingerprint density at radius 1 is 1.11 bits per heavy atom. The van der Waals surface area contributed by atoms with E-state index in [1.54, 1.807) is 24.7 Å². The molecule has 2 saturated carbocycles. The first kappa shape index (κ1) is 31.4. The third-order valence-electron chi connectivity index (χ3n) is 9.10. The van der Waals surface area contributed by atoms with E-state index in [0.717, 1.165) is 24.1 Å². The molecular formula is C32H37F3N6O3S. The summed E-state index contributed by atoms with van der Waals surface area (Å²) in [6, 6.07) is 6.96. The maximum absolute atomic E-state index is 15.3. The number of fused-ring (bicyclic) bond motifs is 1. The van der Waals surface area contributed by atoms with Crippen LogP contribution < -0.4 is 11.1 Å². The highest BCUT2D eigenvalue weighted by atomic mass is 32.2. The van der Waals surface area contributed by atoms with Gasteiger partial charge in [0.15, 0.2) is 0 Å². The van der Waals surface area contributed by atoms with Crippen molar-refractivity contribution in [1.82, 2.24) is 19.6 Å². The molecule has 13 heteroatoms. The number of pyridine rings is 1. The first-order valence-electron chi connectivity index (χ1n) is 15.2. The Morgan fingerprint density at radius 3 is 2.53 bits per heavy atom. The zero-order chi connectivity index (χ0) is 31.9. The average Bonchev–Trinajstić information content (AvgIpc) is 3.60. The van der Waals surface area contributed by atoms with Gasteiger partial charge in [-0.3, -0.25) is 4.98 Å². The number of nitrogens with one attached hydrogen (secondary N) is 1. The summed E-state index contributed by atoms with van der Waals surface area (Å²) in [7, 11) is -3.14. The molecule has 0 bridgehead atoms. The van der Waals surface area contributed by atoms with Crippen LogP contribution in [0.3, 0.4) is 0 Å². The number of hydrogen-bond acceptors (Lipinski definition) is 8. The van der Waals surface area contributed by atoms with E-state index in [1.807, 2.05) is 13.0 Å². The van der Waals surface area contributed by atoms with Gasteiger partial charge in [0.05, 0.1) is 53.3 Å². The molecule has 0 radical (unpaired) electrons. The second kappa shape index (κ2) is 12.3. The van der Waals surface area contributed by atoms with Gasteiger partial charge in [-0.1, -0.05) is 6.92 Å². The number of sulfone groups is 1. The van der Waals surface area contributed by atoms with Crippen molar-refractivity contribution in [1.29, 1.82) is 0 Å². The standard InChI is InChI=1S/C32H37F3N6O3S/c1-19-13-20(14-26(36)30(19)44-11-12-45(2,42)43)23-7-10-37-18-28(23)39-31-38-17-22-5-6-27(40-41(22)31)29-24(33)15-21(16-25(29)34)32(35)8-3-4-9-32/h5-7,10,15-20,26,30H,3-4,8-9,11-14,36H2,1-2H3,(H,38,39)/t19-,20+,26+,30-/m0/s1. The Balaban J connectivity index is 1.24. The Kier molecular flexibility index (Phi) is 8.61. The molecule has 0 saturated heterocycles. The van der Waals surface area contributed by atoms with Crippen molar-refractivity contribution in [3.8, 4) is 11.3 Å². The summed E-state index contributed by atoms with van der Waals surface area (Å²) < 4.78 is 76.4. The van der Waals surface area contributed by atoms with Gasteiger partial charge < -0.3 is 15.8 Å². The molecule has 2 aliphatic carbocycles. The largest absolute Gasteiger partial charge is 0.375 e. The van der Waals surface area contributed by atoms with E-state index >= 15 is 13.2 Å². The van der Waals surface area contributed by atoms with E-state index in [2.05, 4.69) is 20.4 Å². The third-order valence-corrected chi connectivity index (χ3v) is 10.0. The predicted octanol–water partition coefficient (Wildman–Crippen LogP) is 5.82. The Hall–Kier alpha value is -3.55. The highest BCUT2D eigenvalue weighted by Gasteiger charge is 2.38. The fraction of sp³-hybridized carbons (Fsp3) is 0.469. The highest BCUT2D eigenvalue weighted by molar-refractivity contribution is 7.90. The molecule has 0 amide bonds. The Bertz CT molecular complexity index is 1780. The van der Waals surface area contributed by atoms with Crippen LogP contribution in [0.2, 0.25) is 0 Å². The minimum absolute atomic E-state index is 0.0254. The topological polar surface area (TPSA) is 124 Å². The minimum Gasteiger partial charge on any atom is -0.375 e. The first-order chi connectivity index (χ1) is 21.4. The van der Waals surface area contributed by atoms with Crippen molar-refractivity contribution < 1.29 is 26.3 Å². The number of aromatic nitrogens is 4. The van der Waals surface area contributed by atoms with E-state index in [9.17, 15) is 8.42 Å². The zero-order valence-electron chi connectivity index (χ0n) is 25.2. The lowest BCUT2D eigenvalue weighted by Gasteiger charge is -2.39. The third kappa shape index (κ3) is 6.56. The lowest BCUT2D eigenvalue weighted by molar-refractivity contribution is -0.0152. The molecule has 3 aromatic heterocycles. The summed E-state index contributed by atoms with van der Waals surface area (Å²) in [5.41, 5.74) is 6.81. The molecule has 2 aliphatic rings. The molecule has 0 spiro atoms. The fourth-order valence-corrected chi connectivity index (χ4v) is 7.23. The first-order valence-corrected chi connectivity index (χ1v) is 17.3. The van der Waals surface area contributed by atoms with Crippen LogP contribution in [0.1, 0.15) is 62.5 Å². The SMILES string of the molecule is C[C@H]1C[C@@H](c2ccncc2Nc2ncc3ccc(-c4c(F)cc(C5(F)CCCC5)cc4F)nn23)C[C@@H](N)[C@H]1OCCS(C)(=O)=O. The van der Waals surface area contributed by atoms with Crippen LogP contribution >= 0.6 is 0 Å². The summed E-state index contributed by atoms with van der Waals surface area (Å²) >= 11 is 0. The van der Waals surface area contributed by atoms with Crippen LogP contribution in [0, 0.1) is 17.6 Å². The molecule has 3 N–H and O–H groups in total. The number of hydrogen-bond donors (Lipinski definition) is 2. The summed E-state index contributed by atoms with van der Waals surface area (Å²) in [6.07, 6.45) is 9.14. The number of rotatable bonds is 9. The molecular weight excluding hydrogens is 605 g/mol. The molecule has 2 fully saturated rings. The number of nitrogens with zero attached hydrogens (tertiary/aromatic N) is 4. The van der Waals surface area contributed by atoms with E-state index in [1.165, 1.54) is 16.8 Å². The van der Waals surface area contributed by atoms with Crippen molar-refractivity contribution >= 4 is 27.0 Å². The molecule has 1 aromatic carbocycles. The van der Waals surface area contributed by atoms with E-state index < -0.39 is 27.1 Å². The second-order valence-corrected chi connectivity index (χ2v) is 14.7. The molecule has 3 heterocycles. The number of ether oxygens (including phenoxy) is 1. The smallest absolute Gasteiger partial charge is 0.229 e. The van der Waals surface area contributed by atoms with Gasteiger partial charge in [0.2, 0.25) is 5.95 Å². The lowest BCUT2D eigenvalue weighted by Crippen LogP contribution is -2.47. The average molecular weight is 643 g/mol. The van der Waals surface area contributed by atoms with E-state index in [0.29, 0.717) is 36.4 Å². The van der Waals surface area contributed by atoms with E-state index in [-0.39, 0.29) is 66.0 Å². The van der Waals surface area contributed by atoms with Gasteiger partial charge in [0, 0.05) is 18.5 Å². The number of benzene rings is 1. The summed E-state index contributed by atoms with van der Waals surface area (Å²) in [6.45, 7) is 2.15. The maximum atomic E-state index is 15.3. The molecule has 0 aliphatic heterocycles. The van der Waals surface area contributed by atoms with Crippen molar-refractivity contribution in [2.75, 3.05) is 23.9 Å². The predicted molar refractivity (Wildman–Crippen MR) is 166 cm³/mol. The number of halogens is 3. The molecule has 240 valence electrons. The lowest BCUT2D eigenvalue weighted by atomic mass is 9.74. The van der Waals surface area contributed by atoms with Crippen molar-refractivity contribution in [2.24, 2.45) is 11.7 Å². The van der Waals surface area contributed by atoms with Gasteiger partial charge in [-0.05, 0) is 91.8 Å². The normalized spacial score (nSPS) is 23.4. The maximum Gasteiger partial charge on any atom is 0.229 e. The van der Waals surface area contributed by atoms with Crippen molar-refractivity contribution in [2.45, 2.75) is 69.2 Å². The molecule has 4 atom stereocenters. The van der Waals surface area contributed by atoms with Crippen LogP contribution in [0.4, 0.5) is 24.8 Å². The van der Waals surface area contributed by atoms with Crippen LogP contribution in [-0.2, 0) is 20.2 Å². The zero-order valence-corrected chi connectivity index (χ0v) is 26.0. The molecule has 6 rings (SSSR count). The van der Waals surface area contributed by atoms with Gasteiger partial charge in [-0.15, -0.1) is 0 Å². The summed E-state index contributed by atoms with van der Waals surface area (Å²) in [4.78, 5) is 8.75. The van der Waals surface area contributed by atoms with Gasteiger partial charge in [-0.2, -0.15) is 9.61 Å². The van der Waals surface area contributed by atoms with Crippen molar-refractivity contribution in [3.63, 3.8) is 0 Å².